The van der Waals surface area contributed by atoms with Crippen LogP contribution in [0.25, 0.3) is 88.0 Å². The minimum Gasteiger partial charge on any atom is -0.456 e. The van der Waals surface area contributed by atoms with Crippen LogP contribution in [0.3, 0.4) is 0 Å². The van der Waals surface area contributed by atoms with E-state index in [0.717, 1.165) is 94.0 Å². The molecule has 3 heteroatoms. The highest BCUT2D eigenvalue weighted by atomic mass is 16.3. The highest BCUT2D eigenvalue weighted by Gasteiger charge is 2.19. The zero-order valence-electron chi connectivity index (χ0n) is 29.8. The Labute approximate surface area is 317 Å². The van der Waals surface area contributed by atoms with Crippen LogP contribution in [0.2, 0.25) is 0 Å². The normalized spacial score (nSPS) is 11.6. The highest BCUT2D eigenvalue weighted by molar-refractivity contribution is 6.15. The van der Waals surface area contributed by atoms with E-state index < -0.39 is 0 Å². The van der Waals surface area contributed by atoms with Crippen molar-refractivity contribution in [1.82, 2.24) is 0 Å². The Hall–Kier alpha value is -7.36. The summed E-state index contributed by atoms with van der Waals surface area (Å²) in [5.41, 5.74) is 13.8. The first-order valence-corrected chi connectivity index (χ1v) is 18.7. The van der Waals surface area contributed by atoms with Crippen LogP contribution in [-0.4, -0.2) is 0 Å². The van der Waals surface area contributed by atoms with Crippen molar-refractivity contribution in [2.75, 3.05) is 4.90 Å². The number of benzene rings is 9. The molecule has 0 saturated heterocycles. The van der Waals surface area contributed by atoms with Gasteiger partial charge in [0.1, 0.15) is 22.3 Å². The van der Waals surface area contributed by atoms with E-state index in [4.69, 9.17) is 8.83 Å². The molecule has 0 aliphatic carbocycles. The maximum absolute atomic E-state index is 6.39. The van der Waals surface area contributed by atoms with Gasteiger partial charge in [-0.05, 0) is 106 Å². The minimum atomic E-state index is 0.897. The lowest BCUT2D eigenvalue weighted by Crippen LogP contribution is -2.11. The van der Waals surface area contributed by atoms with Crippen molar-refractivity contribution in [3.63, 3.8) is 0 Å². The van der Waals surface area contributed by atoms with E-state index in [2.05, 4.69) is 181 Å². The smallest absolute Gasteiger partial charge is 0.143 e. The van der Waals surface area contributed by atoms with Gasteiger partial charge in [-0.25, -0.2) is 0 Å². The van der Waals surface area contributed by atoms with Gasteiger partial charge in [-0.1, -0.05) is 127 Å². The first kappa shape index (κ1) is 31.2. The summed E-state index contributed by atoms with van der Waals surface area (Å²) in [6, 6.07) is 71.1. The lowest BCUT2D eigenvalue weighted by Gasteiger charge is -2.28. The fourth-order valence-corrected chi connectivity index (χ4v) is 8.16. The van der Waals surface area contributed by atoms with Crippen LogP contribution < -0.4 is 4.90 Å². The molecule has 0 aliphatic rings. The van der Waals surface area contributed by atoms with Crippen molar-refractivity contribution in [3.8, 4) is 33.4 Å². The molecule has 258 valence electrons. The average Bonchev–Trinajstić information content (AvgIpc) is 3.83. The number of anilines is 3. The highest BCUT2D eigenvalue weighted by Crippen LogP contribution is 2.43. The average molecular weight is 704 g/mol. The van der Waals surface area contributed by atoms with E-state index in [1.54, 1.807) is 0 Å². The monoisotopic (exact) mass is 703 g/mol. The Morgan fingerprint density at radius 3 is 1.60 bits per heavy atom. The van der Waals surface area contributed by atoms with Crippen LogP contribution in [-0.2, 0) is 0 Å². The third-order valence-electron chi connectivity index (χ3n) is 10.9. The van der Waals surface area contributed by atoms with Gasteiger partial charge in [0, 0.05) is 43.9 Å². The molecular weight excluding hydrogens is 671 g/mol. The lowest BCUT2D eigenvalue weighted by molar-refractivity contribution is 0.669. The molecule has 2 heterocycles. The first-order valence-electron chi connectivity index (χ1n) is 18.7. The van der Waals surface area contributed by atoms with Crippen molar-refractivity contribution < 1.29 is 8.83 Å². The van der Waals surface area contributed by atoms with Crippen LogP contribution in [0.4, 0.5) is 17.1 Å². The van der Waals surface area contributed by atoms with Crippen LogP contribution >= 0.6 is 0 Å². The summed E-state index contributed by atoms with van der Waals surface area (Å²) in [6.45, 7) is 0. The number of hydrogen-bond acceptors (Lipinski definition) is 3. The Bertz CT molecular complexity index is 3190. The van der Waals surface area contributed by atoms with Crippen molar-refractivity contribution in [2.24, 2.45) is 0 Å². The summed E-state index contributed by atoms with van der Waals surface area (Å²) in [5, 5.41) is 6.81. The first-order chi connectivity index (χ1) is 27.2. The van der Waals surface area contributed by atoms with Gasteiger partial charge < -0.3 is 13.7 Å². The predicted molar refractivity (Wildman–Crippen MR) is 229 cm³/mol. The van der Waals surface area contributed by atoms with Gasteiger partial charge in [-0.2, -0.15) is 0 Å². The molecule has 9 aromatic carbocycles. The second kappa shape index (κ2) is 12.6. The van der Waals surface area contributed by atoms with Gasteiger partial charge in [-0.3, -0.25) is 0 Å². The maximum Gasteiger partial charge on any atom is 0.143 e. The molecule has 0 radical (unpaired) electrons. The summed E-state index contributed by atoms with van der Waals surface area (Å²) in [6.07, 6.45) is 0. The maximum atomic E-state index is 6.39. The summed E-state index contributed by atoms with van der Waals surface area (Å²) < 4.78 is 12.6. The fraction of sp³-hybridized carbons (Fsp3) is 0. The topological polar surface area (TPSA) is 29.5 Å². The summed E-state index contributed by atoms with van der Waals surface area (Å²) >= 11 is 0. The number of nitrogens with zero attached hydrogens (tertiary/aromatic N) is 1. The van der Waals surface area contributed by atoms with Crippen LogP contribution in [0.15, 0.2) is 209 Å². The molecule has 11 rings (SSSR count). The van der Waals surface area contributed by atoms with E-state index in [9.17, 15) is 0 Å². The third-order valence-corrected chi connectivity index (χ3v) is 10.9. The Morgan fingerprint density at radius 2 is 0.836 bits per heavy atom. The SMILES string of the molecule is c1ccc(-c2ccc(N(c3ccc(-c4ccc5c(c4)oc4ccccc45)cc3)c3ccccc3-c3ccc4c(ccc5c6ccccc6oc45)c3)cc2)cc1. The molecule has 0 saturated carbocycles. The van der Waals surface area contributed by atoms with Crippen molar-refractivity contribution >= 4 is 71.7 Å². The quantitative estimate of drug-likeness (QED) is 0.173. The fourth-order valence-electron chi connectivity index (χ4n) is 8.16. The number of hydrogen-bond donors (Lipinski definition) is 0. The van der Waals surface area contributed by atoms with E-state index in [-0.39, 0.29) is 0 Å². The van der Waals surface area contributed by atoms with Gasteiger partial charge in [-0.15, -0.1) is 0 Å². The van der Waals surface area contributed by atoms with Gasteiger partial charge in [0.15, 0.2) is 0 Å². The standard InChI is InChI=1S/C52H33NO2/c1-2-10-34(11-3-1)35-18-25-40(26-19-35)53(41-27-20-36(21-28-41)37-22-30-46-44-13-5-8-16-49(44)54-51(46)33-37)48-15-7-4-12-42(48)38-23-29-43-39(32-38)24-31-47-45-14-6-9-17-50(45)55-52(43)47/h1-33H. The van der Waals surface area contributed by atoms with Gasteiger partial charge in [0.25, 0.3) is 0 Å². The summed E-state index contributed by atoms with van der Waals surface area (Å²) in [7, 11) is 0. The Morgan fingerprint density at radius 1 is 0.309 bits per heavy atom. The van der Waals surface area contributed by atoms with Crippen molar-refractivity contribution in [2.45, 2.75) is 0 Å². The van der Waals surface area contributed by atoms with Crippen LogP contribution in [0, 0.1) is 0 Å². The predicted octanol–water partition coefficient (Wildman–Crippen LogP) is 15.1. The molecule has 0 aliphatic heterocycles. The van der Waals surface area contributed by atoms with E-state index >= 15 is 0 Å². The molecule has 2 aromatic heterocycles. The lowest BCUT2D eigenvalue weighted by atomic mass is 9.97. The molecule has 0 fully saturated rings. The molecule has 55 heavy (non-hydrogen) atoms. The van der Waals surface area contributed by atoms with Gasteiger partial charge >= 0.3 is 0 Å². The molecule has 0 N–H and O–H groups in total. The number of furan rings is 2. The molecule has 0 spiro atoms. The second-order valence-electron chi connectivity index (χ2n) is 14.1. The minimum absolute atomic E-state index is 0.897. The third kappa shape index (κ3) is 5.28. The largest absolute Gasteiger partial charge is 0.456 e. The molecule has 0 unspecified atom stereocenters. The van der Waals surface area contributed by atoms with Gasteiger partial charge in [0.2, 0.25) is 0 Å². The number of fused-ring (bicyclic) bond motifs is 8. The molecule has 11 aromatic rings. The van der Waals surface area contributed by atoms with E-state index in [1.807, 2.05) is 24.3 Å². The zero-order chi connectivity index (χ0) is 36.3. The van der Waals surface area contributed by atoms with E-state index in [1.165, 1.54) is 11.1 Å². The van der Waals surface area contributed by atoms with Crippen LogP contribution in [0.1, 0.15) is 0 Å². The molecule has 0 amide bonds. The molecular formula is C52H33NO2. The Balaban J connectivity index is 1.02. The van der Waals surface area contributed by atoms with Crippen molar-refractivity contribution in [1.29, 1.82) is 0 Å². The Kier molecular flexibility index (Phi) is 7.17. The summed E-state index contributed by atoms with van der Waals surface area (Å²) in [5.74, 6) is 0. The van der Waals surface area contributed by atoms with Crippen molar-refractivity contribution in [3.05, 3.63) is 200 Å². The summed E-state index contributed by atoms with van der Waals surface area (Å²) in [4.78, 5) is 2.36. The second-order valence-corrected chi connectivity index (χ2v) is 14.1. The zero-order valence-corrected chi connectivity index (χ0v) is 29.8. The number of para-hydroxylation sites is 3. The van der Waals surface area contributed by atoms with Crippen LogP contribution in [0.5, 0.6) is 0 Å². The molecule has 0 atom stereocenters. The van der Waals surface area contributed by atoms with E-state index in [0.29, 0.717) is 0 Å². The van der Waals surface area contributed by atoms with Gasteiger partial charge in [0.05, 0.1) is 5.69 Å². The number of rotatable bonds is 6. The molecule has 3 nitrogen and oxygen atoms in total. The molecule has 0 bridgehead atoms.